The van der Waals surface area contributed by atoms with Crippen LogP contribution in [-0.4, -0.2) is 102 Å². The summed E-state index contributed by atoms with van der Waals surface area (Å²) in [5, 5.41) is 21.1. The zero-order chi connectivity index (χ0) is 41.4. The van der Waals surface area contributed by atoms with Crippen molar-refractivity contribution in [2.75, 3.05) is 20.1 Å². The van der Waals surface area contributed by atoms with Crippen molar-refractivity contribution in [3.8, 4) is 0 Å². The Morgan fingerprint density at radius 1 is 0.857 bits per heavy atom. The molecule has 1 heterocycles. The van der Waals surface area contributed by atoms with Crippen LogP contribution in [0.4, 0.5) is 0 Å². The van der Waals surface area contributed by atoms with Crippen molar-refractivity contribution in [3.05, 3.63) is 35.4 Å². The summed E-state index contributed by atoms with van der Waals surface area (Å²) in [4.78, 5) is 85.1. The van der Waals surface area contributed by atoms with Gasteiger partial charge in [-0.2, -0.15) is 0 Å². The van der Waals surface area contributed by atoms with E-state index in [1.807, 2.05) is 45.0 Å². The van der Waals surface area contributed by atoms with Crippen LogP contribution in [0, 0.1) is 24.7 Å². The van der Waals surface area contributed by atoms with Crippen molar-refractivity contribution in [2.45, 2.75) is 154 Å². The van der Waals surface area contributed by atoms with Gasteiger partial charge in [-0.15, -0.1) is 0 Å². The zero-order valence-corrected chi connectivity index (χ0v) is 34.4. The number of esters is 1. The van der Waals surface area contributed by atoms with Crippen molar-refractivity contribution < 1.29 is 38.6 Å². The number of unbranched alkanes of at least 4 members (excludes halogenated alkanes) is 3. The van der Waals surface area contributed by atoms with Crippen LogP contribution in [0.25, 0.3) is 0 Å². The molecule has 1 aromatic carbocycles. The highest BCUT2D eigenvalue weighted by Gasteiger charge is 2.40. The third-order valence-electron chi connectivity index (χ3n) is 11.1. The van der Waals surface area contributed by atoms with Gasteiger partial charge in [0, 0.05) is 13.6 Å². The Morgan fingerprint density at radius 3 is 2.14 bits per heavy atom. The van der Waals surface area contributed by atoms with Crippen LogP contribution in [0.5, 0.6) is 0 Å². The number of aliphatic hydroxyl groups excluding tert-OH is 1. The molecule has 1 saturated carbocycles. The standard InChI is InChI=1S/C42H68N6O8/c1-7-8-9-13-16-34-31(22-21-29-19-17-27(4)18-20-29)42(55)48(6)33(23-26(2)3)39(52)47-37(30-14-11-10-12-15-30)41(54)45-32(24-43)38(51)46-36(28(5)49)40(53)44-25-35(50)56-34/h17-20,26,28,30-34,36-37,49H,7-16,21-25,43H2,1-6H3,(H,44,53)(H,45,54)(H,46,51)(H,47,52)/t28-,31+,32-,33-,34+,36-,37-/m0/s1. The van der Waals surface area contributed by atoms with Crippen LogP contribution >= 0.6 is 0 Å². The second-order valence-electron chi connectivity index (χ2n) is 16.2. The number of hydrogen-bond acceptors (Lipinski definition) is 9. The molecule has 0 bridgehead atoms. The molecule has 0 radical (unpaired) electrons. The molecule has 3 rings (SSSR count). The van der Waals surface area contributed by atoms with Crippen LogP contribution < -0.4 is 27.0 Å². The molecule has 0 spiro atoms. The minimum atomic E-state index is -1.49. The Morgan fingerprint density at radius 2 is 1.54 bits per heavy atom. The summed E-state index contributed by atoms with van der Waals surface area (Å²) < 4.78 is 6.07. The lowest BCUT2D eigenvalue weighted by molar-refractivity contribution is -0.158. The van der Waals surface area contributed by atoms with E-state index < -0.39 is 78.4 Å². The molecule has 1 aliphatic heterocycles. The predicted molar refractivity (Wildman–Crippen MR) is 214 cm³/mol. The van der Waals surface area contributed by atoms with Crippen molar-refractivity contribution >= 4 is 35.5 Å². The van der Waals surface area contributed by atoms with Crippen LogP contribution in [0.1, 0.15) is 116 Å². The van der Waals surface area contributed by atoms with Crippen molar-refractivity contribution in [1.82, 2.24) is 26.2 Å². The van der Waals surface area contributed by atoms with Gasteiger partial charge in [-0.1, -0.05) is 89.1 Å². The van der Waals surface area contributed by atoms with Crippen LogP contribution in [-0.2, 0) is 39.9 Å². The Labute approximate surface area is 333 Å². The number of carbonyl (C=O) groups excluding carboxylic acids is 6. The summed E-state index contributed by atoms with van der Waals surface area (Å²) in [5.74, 6) is -4.98. The molecule has 0 unspecified atom stereocenters. The van der Waals surface area contributed by atoms with E-state index >= 15 is 0 Å². The van der Waals surface area contributed by atoms with Gasteiger partial charge in [-0.25, -0.2) is 0 Å². The summed E-state index contributed by atoms with van der Waals surface area (Å²) >= 11 is 0. The summed E-state index contributed by atoms with van der Waals surface area (Å²) in [6.45, 7) is 8.39. The largest absolute Gasteiger partial charge is 0.460 e. The molecule has 5 amide bonds. The summed E-state index contributed by atoms with van der Waals surface area (Å²) in [7, 11) is 1.59. The number of rotatable bonds is 13. The molecular formula is C42H68N6O8. The predicted octanol–water partition coefficient (Wildman–Crippen LogP) is 2.80. The quantitative estimate of drug-likeness (QED) is 0.128. The Balaban J connectivity index is 2.13. The van der Waals surface area contributed by atoms with Gasteiger partial charge in [-0.3, -0.25) is 28.8 Å². The van der Waals surface area contributed by atoms with E-state index in [0.717, 1.165) is 49.7 Å². The number of nitrogens with one attached hydrogen (secondary N) is 4. The molecule has 1 aromatic rings. The molecule has 0 aromatic heterocycles. The number of ether oxygens (including phenoxy) is 1. The lowest BCUT2D eigenvalue weighted by Crippen LogP contribution is -2.62. The average molecular weight is 785 g/mol. The first-order valence-electron chi connectivity index (χ1n) is 20.7. The van der Waals surface area contributed by atoms with Gasteiger partial charge in [0.05, 0.1) is 12.0 Å². The van der Waals surface area contributed by atoms with Gasteiger partial charge < -0.3 is 41.7 Å². The van der Waals surface area contributed by atoms with Crippen LogP contribution in [0.2, 0.25) is 0 Å². The van der Waals surface area contributed by atoms with Crippen molar-refractivity contribution in [3.63, 3.8) is 0 Å². The summed E-state index contributed by atoms with van der Waals surface area (Å²) in [6, 6.07) is 3.24. The SMILES string of the molecule is CCCCCC[C@H]1OC(=O)CNC(=O)[C@H]([C@H](C)O)NC(=O)[C@H](CN)NC(=O)[C@H](C2CCCCC2)NC(=O)[C@H](CC(C)C)N(C)C(=O)[C@@H]1CCc1ccc(C)cc1. The van der Waals surface area contributed by atoms with E-state index in [2.05, 4.69) is 28.2 Å². The van der Waals surface area contributed by atoms with Gasteiger partial charge in [0.15, 0.2) is 0 Å². The van der Waals surface area contributed by atoms with Gasteiger partial charge in [-0.05, 0) is 76.2 Å². The first kappa shape index (κ1) is 46.3. The zero-order valence-electron chi connectivity index (χ0n) is 34.4. The number of benzene rings is 1. The van der Waals surface area contributed by atoms with E-state index in [1.54, 1.807) is 7.05 Å². The Bertz CT molecular complexity index is 1450. The molecule has 14 nitrogen and oxygen atoms in total. The number of amides is 5. The first-order valence-corrected chi connectivity index (χ1v) is 20.7. The Kier molecular flexibility index (Phi) is 19.2. The maximum Gasteiger partial charge on any atom is 0.325 e. The lowest BCUT2D eigenvalue weighted by Gasteiger charge is -2.36. The van der Waals surface area contributed by atoms with E-state index in [9.17, 15) is 33.9 Å². The van der Waals surface area contributed by atoms with Gasteiger partial charge in [0.1, 0.15) is 36.8 Å². The number of aryl methyl sites for hydroxylation is 2. The molecule has 7 atom stereocenters. The van der Waals surface area contributed by atoms with E-state index in [-0.39, 0.29) is 24.3 Å². The Hall–Kier alpha value is -4.04. The number of carbonyl (C=O) groups is 6. The number of nitrogens with two attached hydrogens (primary N) is 1. The fourth-order valence-electron chi connectivity index (χ4n) is 7.71. The summed E-state index contributed by atoms with van der Waals surface area (Å²) in [5.41, 5.74) is 8.05. The number of nitrogens with zero attached hydrogens (tertiary/aromatic N) is 1. The molecule has 14 heteroatoms. The minimum Gasteiger partial charge on any atom is -0.460 e. The fourth-order valence-corrected chi connectivity index (χ4v) is 7.71. The number of hydrogen-bond donors (Lipinski definition) is 6. The normalized spacial score (nSPS) is 26.3. The van der Waals surface area contributed by atoms with Gasteiger partial charge in [0.25, 0.3) is 0 Å². The van der Waals surface area contributed by atoms with E-state index in [4.69, 9.17) is 10.5 Å². The minimum absolute atomic E-state index is 0.00553. The topological polar surface area (TPSA) is 209 Å². The molecule has 2 aliphatic rings. The highest BCUT2D eigenvalue weighted by Crippen LogP contribution is 2.29. The second-order valence-corrected chi connectivity index (χ2v) is 16.2. The highest BCUT2D eigenvalue weighted by molar-refractivity contribution is 5.96. The second kappa shape index (κ2) is 23.3. The third-order valence-corrected chi connectivity index (χ3v) is 11.1. The van der Waals surface area contributed by atoms with E-state index in [0.29, 0.717) is 44.9 Å². The molecule has 56 heavy (non-hydrogen) atoms. The molecular weight excluding hydrogens is 716 g/mol. The molecule has 314 valence electrons. The van der Waals surface area contributed by atoms with Gasteiger partial charge in [0.2, 0.25) is 29.5 Å². The molecule has 2 fully saturated rings. The summed E-state index contributed by atoms with van der Waals surface area (Å²) in [6.07, 6.45) is 6.84. The smallest absolute Gasteiger partial charge is 0.325 e. The first-order chi connectivity index (χ1) is 26.7. The maximum atomic E-state index is 14.9. The van der Waals surface area contributed by atoms with Crippen molar-refractivity contribution in [1.29, 1.82) is 0 Å². The molecule has 1 aliphatic carbocycles. The fraction of sp³-hybridized carbons (Fsp3) is 0.714. The molecule has 7 N–H and O–H groups in total. The monoisotopic (exact) mass is 785 g/mol. The lowest BCUT2D eigenvalue weighted by atomic mass is 9.83. The van der Waals surface area contributed by atoms with E-state index in [1.165, 1.54) is 11.8 Å². The molecule has 1 saturated heterocycles. The maximum absolute atomic E-state index is 14.9. The van der Waals surface area contributed by atoms with Crippen LogP contribution in [0.3, 0.4) is 0 Å². The van der Waals surface area contributed by atoms with Crippen molar-refractivity contribution in [2.24, 2.45) is 23.5 Å². The highest BCUT2D eigenvalue weighted by atomic mass is 16.5. The average Bonchev–Trinajstić information content (AvgIpc) is 3.17. The number of cyclic esters (lactones) is 1. The third kappa shape index (κ3) is 14.2. The van der Waals surface area contributed by atoms with Crippen LogP contribution in [0.15, 0.2) is 24.3 Å². The van der Waals surface area contributed by atoms with Gasteiger partial charge >= 0.3 is 5.97 Å². The number of aliphatic hydroxyl groups is 1. The number of likely N-dealkylation sites (N-methyl/N-ethyl adjacent to an activating group) is 1.